The van der Waals surface area contributed by atoms with Gasteiger partial charge >= 0.3 is 0 Å². The normalized spacial score (nSPS) is 10.3. The van der Waals surface area contributed by atoms with Crippen molar-refractivity contribution in [3.05, 3.63) is 45.1 Å². The highest BCUT2D eigenvalue weighted by Crippen LogP contribution is 2.28. The van der Waals surface area contributed by atoms with Crippen LogP contribution < -0.4 is 10.5 Å². The number of methoxy groups -OCH3 is 1. The predicted molar refractivity (Wildman–Crippen MR) is 82.5 cm³/mol. The highest BCUT2D eigenvalue weighted by atomic mass is 35.5. The number of hydrogen-bond acceptors (Lipinski definition) is 4. The van der Waals surface area contributed by atoms with E-state index in [-0.39, 0.29) is 5.91 Å². The Morgan fingerprint density at radius 3 is 2.75 bits per heavy atom. The third-order valence-corrected chi connectivity index (χ3v) is 4.06. The molecule has 1 aromatic carbocycles. The van der Waals surface area contributed by atoms with E-state index in [1.807, 2.05) is 12.1 Å². The average molecular weight is 311 g/mol. The number of amides is 1. The molecule has 0 saturated carbocycles. The zero-order chi connectivity index (χ0) is 14.7. The van der Waals surface area contributed by atoms with Crippen molar-refractivity contribution in [3.63, 3.8) is 0 Å². The molecule has 6 heteroatoms. The van der Waals surface area contributed by atoms with Crippen LogP contribution in [0.25, 0.3) is 0 Å². The molecule has 4 nitrogen and oxygen atoms in total. The summed E-state index contributed by atoms with van der Waals surface area (Å²) in [5.74, 6) is 0.271. The van der Waals surface area contributed by atoms with Gasteiger partial charge in [-0.05, 0) is 24.3 Å². The van der Waals surface area contributed by atoms with Gasteiger partial charge in [-0.3, -0.25) is 4.79 Å². The first kappa shape index (κ1) is 14.7. The van der Waals surface area contributed by atoms with Gasteiger partial charge in [-0.25, -0.2) is 0 Å². The van der Waals surface area contributed by atoms with E-state index in [1.54, 1.807) is 30.1 Å². The second kappa shape index (κ2) is 6.15. The number of anilines is 1. The van der Waals surface area contributed by atoms with Gasteiger partial charge in [-0.15, -0.1) is 11.3 Å². The molecule has 106 valence electrons. The Bertz CT molecular complexity index is 627. The molecule has 0 atom stereocenters. The SMILES string of the molecule is COc1c(N)cccc1C(=O)N(C)Cc1ccc(Cl)s1. The lowest BCUT2D eigenvalue weighted by Crippen LogP contribution is -2.26. The van der Waals surface area contributed by atoms with Crippen LogP contribution in [0.2, 0.25) is 4.34 Å². The number of nitrogen functional groups attached to an aromatic ring is 1. The van der Waals surface area contributed by atoms with Gasteiger partial charge < -0.3 is 15.4 Å². The van der Waals surface area contributed by atoms with E-state index in [0.717, 1.165) is 4.88 Å². The smallest absolute Gasteiger partial charge is 0.257 e. The number of carbonyl (C=O) groups is 1. The van der Waals surface area contributed by atoms with E-state index in [9.17, 15) is 4.79 Å². The number of carbonyl (C=O) groups excluding carboxylic acids is 1. The minimum Gasteiger partial charge on any atom is -0.494 e. The third kappa shape index (κ3) is 3.05. The maximum absolute atomic E-state index is 12.4. The number of nitrogens with two attached hydrogens (primary N) is 1. The first-order valence-electron chi connectivity index (χ1n) is 5.95. The lowest BCUT2D eigenvalue weighted by molar-refractivity contribution is 0.0783. The van der Waals surface area contributed by atoms with Crippen molar-refractivity contribution in [2.24, 2.45) is 0 Å². The molecule has 0 spiro atoms. The standard InChI is InChI=1S/C14H15ClN2O2S/c1-17(8-9-6-7-12(15)20-9)14(18)10-4-3-5-11(16)13(10)19-2/h3-7H,8,16H2,1-2H3. The molecule has 2 rings (SSSR count). The summed E-state index contributed by atoms with van der Waals surface area (Å²) in [6.45, 7) is 0.494. The van der Waals surface area contributed by atoms with E-state index in [2.05, 4.69) is 0 Å². The topological polar surface area (TPSA) is 55.6 Å². The largest absolute Gasteiger partial charge is 0.494 e. The van der Waals surface area contributed by atoms with Crippen molar-refractivity contribution in [3.8, 4) is 5.75 Å². The van der Waals surface area contributed by atoms with Gasteiger partial charge in [0.1, 0.15) is 0 Å². The maximum atomic E-state index is 12.4. The molecule has 1 heterocycles. The average Bonchev–Trinajstić information content (AvgIpc) is 2.82. The van der Waals surface area contributed by atoms with Gasteiger partial charge in [-0.2, -0.15) is 0 Å². The van der Waals surface area contributed by atoms with Crippen LogP contribution in [0.3, 0.4) is 0 Å². The molecule has 0 bridgehead atoms. The molecule has 0 aliphatic carbocycles. The van der Waals surface area contributed by atoms with E-state index >= 15 is 0 Å². The summed E-state index contributed by atoms with van der Waals surface area (Å²) in [6.07, 6.45) is 0. The molecule has 0 aliphatic rings. The maximum Gasteiger partial charge on any atom is 0.257 e. The fraction of sp³-hybridized carbons (Fsp3) is 0.214. The van der Waals surface area contributed by atoms with Gasteiger partial charge in [0.05, 0.1) is 29.2 Å². The van der Waals surface area contributed by atoms with E-state index in [0.29, 0.717) is 27.9 Å². The Hall–Kier alpha value is -1.72. The number of benzene rings is 1. The minimum absolute atomic E-state index is 0.140. The molecule has 0 unspecified atom stereocenters. The van der Waals surface area contributed by atoms with Crippen molar-refractivity contribution in [2.45, 2.75) is 6.54 Å². The third-order valence-electron chi connectivity index (χ3n) is 2.85. The number of ether oxygens (including phenoxy) is 1. The monoisotopic (exact) mass is 310 g/mol. The molecule has 1 aromatic heterocycles. The van der Waals surface area contributed by atoms with E-state index in [4.69, 9.17) is 22.1 Å². The fourth-order valence-corrected chi connectivity index (χ4v) is 3.04. The molecular weight excluding hydrogens is 296 g/mol. The van der Waals surface area contributed by atoms with Gasteiger partial charge in [0, 0.05) is 11.9 Å². The Morgan fingerprint density at radius 2 is 2.15 bits per heavy atom. The number of rotatable bonds is 4. The number of para-hydroxylation sites is 1. The summed E-state index contributed by atoms with van der Waals surface area (Å²) in [7, 11) is 3.24. The van der Waals surface area contributed by atoms with Crippen LogP contribution in [0.1, 0.15) is 15.2 Å². The van der Waals surface area contributed by atoms with Crippen LogP contribution in [0.5, 0.6) is 5.75 Å². The van der Waals surface area contributed by atoms with Crippen LogP contribution in [-0.4, -0.2) is 25.0 Å². The molecule has 1 amide bonds. The summed E-state index contributed by atoms with van der Waals surface area (Å²) >= 11 is 7.34. The van der Waals surface area contributed by atoms with Crippen molar-refractivity contribution >= 4 is 34.5 Å². The quantitative estimate of drug-likeness (QED) is 0.882. The molecule has 2 aromatic rings. The van der Waals surface area contributed by atoms with E-state index in [1.165, 1.54) is 18.4 Å². The second-order valence-corrected chi connectivity index (χ2v) is 6.09. The van der Waals surface area contributed by atoms with Crippen molar-refractivity contribution in [1.29, 1.82) is 0 Å². The van der Waals surface area contributed by atoms with Gasteiger partial charge in [0.25, 0.3) is 5.91 Å². The number of nitrogens with zero attached hydrogens (tertiary/aromatic N) is 1. The number of halogens is 1. The molecular formula is C14H15ClN2O2S. The summed E-state index contributed by atoms with van der Waals surface area (Å²) in [5.41, 5.74) is 6.72. The Morgan fingerprint density at radius 1 is 1.40 bits per heavy atom. The molecule has 0 fully saturated rings. The molecule has 0 aliphatic heterocycles. The molecule has 20 heavy (non-hydrogen) atoms. The summed E-state index contributed by atoms with van der Waals surface area (Å²) in [4.78, 5) is 15.1. The highest BCUT2D eigenvalue weighted by Gasteiger charge is 2.18. The lowest BCUT2D eigenvalue weighted by Gasteiger charge is -2.18. The summed E-state index contributed by atoms with van der Waals surface area (Å²) < 4.78 is 5.92. The summed E-state index contributed by atoms with van der Waals surface area (Å²) in [6, 6.07) is 8.87. The zero-order valence-corrected chi connectivity index (χ0v) is 12.8. The Balaban J connectivity index is 2.20. The van der Waals surface area contributed by atoms with Crippen molar-refractivity contribution in [1.82, 2.24) is 4.90 Å². The van der Waals surface area contributed by atoms with Gasteiger partial charge in [0.2, 0.25) is 0 Å². The highest BCUT2D eigenvalue weighted by molar-refractivity contribution is 7.16. The van der Waals surface area contributed by atoms with Crippen molar-refractivity contribution in [2.75, 3.05) is 19.9 Å². The van der Waals surface area contributed by atoms with Crippen LogP contribution >= 0.6 is 22.9 Å². The number of hydrogen-bond donors (Lipinski definition) is 1. The lowest BCUT2D eigenvalue weighted by atomic mass is 10.1. The van der Waals surface area contributed by atoms with Crippen LogP contribution in [-0.2, 0) is 6.54 Å². The first-order valence-corrected chi connectivity index (χ1v) is 7.14. The molecule has 0 saturated heterocycles. The Labute approximate surface area is 126 Å². The summed E-state index contributed by atoms with van der Waals surface area (Å²) in [5, 5.41) is 0. The fourth-order valence-electron chi connectivity index (χ4n) is 1.90. The van der Waals surface area contributed by atoms with E-state index < -0.39 is 0 Å². The van der Waals surface area contributed by atoms with Gasteiger partial charge in [-0.1, -0.05) is 17.7 Å². The first-order chi connectivity index (χ1) is 9.52. The van der Waals surface area contributed by atoms with Crippen LogP contribution in [0.15, 0.2) is 30.3 Å². The number of thiophene rings is 1. The molecule has 2 N–H and O–H groups in total. The van der Waals surface area contributed by atoms with Gasteiger partial charge in [0.15, 0.2) is 5.75 Å². The second-order valence-electron chi connectivity index (χ2n) is 4.30. The minimum atomic E-state index is -0.140. The Kier molecular flexibility index (Phi) is 4.52. The zero-order valence-electron chi connectivity index (χ0n) is 11.2. The predicted octanol–water partition coefficient (Wildman–Crippen LogP) is 3.26. The van der Waals surface area contributed by atoms with Crippen LogP contribution in [0.4, 0.5) is 5.69 Å². The van der Waals surface area contributed by atoms with Crippen LogP contribution in [0, 0.1) is 0 Å². The molecule has 0 radical (unpaired) electrons. The van der Waals surface area contributed by atoms with Crippen molar-refractivity contribution < 1.29 is 9.53 Å².